The highest BCUT2D eigenvalue weighted by Gasteiger charge is 2.19. The van der Waals surface area contributed by atoms with Crippen LogP contribution in [0.15, 0.2) is 29.6 Å². The van der Waals surface area contributed by atoms with Crippen molar-refractivity contribution in [2.75, 3.05) is 12.8 Å². The number of carbonyl (C=O) groups excluding carboxylic acids is 1. The highest BCUT2D eigenvalue weighted by Crippen LogP contribution is 2.28. The molecule has 5 heteroatoms. The molecule has 0 aliphatic heterocycles. The molecule has 1 aromatic heterocycles. The predicted octanol–water partition coefficient (Wildman–Crippen LogP) is 2.71. The molecule has 0 amide bonds. The van der Waals surface area contributed by atoms with Crippen molar-refractivity contribution in [2.45, 2.75) is 0 Å². The van der Waals surface area contributed by atoms with E-state index in [-0.39, 0.29) is 11.3 Å². The van der Waals surface area contributed by atoms with Crippen molar-refractivity contribution in [3.63, 3.8) is 0 Å². The van der Waals surface area contributed by atoms with Crippen LogP contribution in [-0.2, 0) is 0 Å². The maximum absolute atomic E-state index is 13.6. The second-order valence-electron chi connectivity index (χ2n) is 3.39. The Kier molecular flexibility index (Phi) is 3.10. The van der Waals surface area contributed by atoms with E-state index in [1.807, 2.05) is 0 Å². The number of carbonyl (C=O) groups is 1. The van der Waals surface area contributed by atoms with Gasteiger partial charge in [0.25, 0.3) is 0 Å². The second kappa shape index (κ2) is 4.55. The van der Waals surface area contributed by atoms with Gasteiger partial charge >= 0.3 is 0 Å². The van der Waals surface area contributed by atoms with Gasteiger partial charge in [-0.1, -0.05) is 0 Å². The van der Waals surface area contributed by atoms with Crippen LogP contribution in [0.3, 0.4) is 0 Å². The van der Waals surface area contributed by atoms with Crippen LogP contribution in [0, 0.1) is 5.82 Å². The first kappa shape index (κ1) is 11.6. The highest BCUT2D eigenvalue weighted by atomic mass is 32.1. The molecule has 2 N–H and O–H groups in total. The van der Waals surface area contributed by atoms with Gasteiger partial charge in [-0.25, -0.2) is 4.39 Å². The number of benzene rings is 1. The summed E-state index contributed by atoms with van der Waals surface area (Å²) in [5, 5.41) is 1.72. The summed E-state index contributed by atoms with van der Waals surface area (Å²) in [7, 11) is 1.47. The fourth-order valence-corrected chi connectivity index (χ4v) is 2.27. The minimum absolute atomic E-state index is 0.0000463. The first-order valence-electron chi connectivity index (χ1n) is 4.84. The van der Waals surface area contributed by atoms with E-state index in [4.69, 9.17) is 10.5 Å². The molecule has 0 saturated heterocycles. The molecule has 0 atom stereocenters. The first-order valence-corrected chi connectivity index (χ1v) is 5.72. The Hall–Kier alpha value is -1.88. The van der Waals surface area contributed by atoms with Gasteiger partial charge in [-0.15, -0.1) is 11.3 Å². The van der Waals surface area contributed by atoms with Crippen LogP contribution in [0.4, 0.5) is 10.1 Å². The van der Waals surface area contributed by atoms with E-state index >= 15 is 0 Å². The van der Waals surface area contributed by atoms with Crippen LogP contribution in [0.5, 0.6) is 5.75 Å². The Morgan fingerprint density at radius 2 is 2.18 bits per heavy atom. The van der Waals surface area contributed by atoms with Crippen molar-refractivity contribution in [2.24, 2.45) is 0 Å². The lowest BCUT2D eigenvalue weighted by Crippen LogP contribution is -2.04. The molecule has 0 radical (unpaired) electrons. The minimum Gasteiger partial charge on any atom is -0.495 e. The number of halogens is 1. The number of nitrogen functional groups attached to an aromatic ring is 1. The summed E-state index contributed by atoms with van der Waals surface area (Å²) < 4.78 is 18.6. The van der Waals surface area contributed by atoms with Crippen molar-refractivity contribution in [1.29, 1.82) is 0 Å². The van der Waals surface area contributed by atoms with Crippen LogP contribution in [-0.4, -0.2) is 12.9 Å². The Bertz CT molecular complexity index is 565. The molecular weight excluding hydrogens is 241 g/mol. The van der Waals surface area contributed by atoms with Crippen molar-refractivity contribution in [3.05, 3.63) is 45.9 Å². The number of anilines is 1. The number of hydrogen-bond donors (Lipinski definition) is 1. The molecule has 88 valence electrons. The molecule has 0 aliphatic carbocycles. The van der Waals surface area contributed by atoms with Crippen LogP contribution in [0.1, 0.15) is 15.2 Å². The van der Waals surface area contributed by atoms with Crippen molar-refractivity contribution < 1.29 is 13.9 Å². The first-order chi connectivity index (χ1) is 8.13. The third-order valence-corrected chi connectivity index (χ3v) is 3.19. The summed E-state index contributed by atoms with van der Waals surface area (Å²) in [6.07, 6.45) is 0. The van der Waals surface area contributed by atoms with Gasteiger partial charge in [0, 0.05) is 5.69 Å². The van der Waals surface area contributed by atoms with E-state index in [0.29, 0.717) is 10.6 Å². The third kappa shape index (κ3) is 2.14. The van der Waals surface area contributed by atoms with Crippen LogP contribution < -0.4 is 10.5 Å². The van der Waals surface area contributed by atoms with Gasteiger partial charge in [0.05, 0.1) is 12.7 Å². The zero-order valence-corrected chi connectivity index (χ0v) is 9.88. The van der Waals surface area contributed by atoms with Gasteiger partial charge in [-0.3, -0.25) is 4.79 Å². The number of ether oxygens (including phenoxy) is 1. The predicted molar refractivity (Wildman–Crippen MR) is 65.1 cm³/mol. The molecule has 0 aliphatic rings. The van der Waals surface area contributed by atoms with Crippen molar-refractivity contribution in [1.82, 2.24) is 0 Å². The van der Waals surface area contributed by atoms with Crippen molar-refractivity contribution >= 4 is 22.8 Å². The number of hydrogen-bond acceptors (Lipinski definition) is 4. The summed E-state index contributed by atoms with van der Waals surface area (Å²) in [4.78, 5) is 12.5. The fraction of sp³-hybridized carbons (Fsp3) is 0.0833. The van der Waals surface area contributed by atoms with Gasteiger partial charge in [0.1, 0.15) is 16.4 Å². The maximum Gasteiger partial charge on any atom is 0.209 e. The van der Waals surface area contributed by atoms with Crippen LogP contribution in [0.25, 0.3) is 0 Å². The summed E-state index contributed by atoms with van der Waals surface area (Å²) in [5.41, 5.74) is 5.72. The molecule has 0 fully saturated rings. The van der Waals surface area contributed by atoms with Gasteiger partial charge in [0.2, 0.25) is 5.78 Å². The Balaban J connectivity index is 2.44. The highest BCUT2D eigenvalue weighted by molar-refractivity contribution is 7.12. The average molecular weight is 251 g/mol. The minimum atomic E-state index is -0.620. The summed E-state index contributed by atoms with van der Waals surface area (Å²) >= 11 is 1.22. The largest absolute Gasteiger partial charge is 0.495 e. The number of rotatable bonds is 3. The van der Waals surface area contributed by atoms with Crippen molar-refractivity contribution in [3.8, 4) is 5.75 Å². The molecule has 1 heterocycles. The molecule has 17 heavy (non-hydrogen) atoms. The molecule has 0 bridgehead atoms. The number of nitrogens with two attached hydrogens (primary N) is 1. The van der Waals surface area contributed by atoms with E-state index in [0.717, 1.165) is 6.07 Å². The lowest BCUT2D eigenvalue weighted by molar-refractivity contribution is 0.103. The van der Waals surface area contributed by atoms with Gasteiger partial charge < -0.3 is 10.5 Å². The quantitative estimate of drug-likeness (QED) is 0.674. The summed E-state index contributed by atoms with van der Waals surface area (Å²) in [6.45, 7) is 0. The third-order valence-electron chi connectivity index (χ3n) is 2.29. The fourth-order valence-electron chi connectivity index (χ4n) is 1.46. The van der Waals surface area contributed by atoms with E-state index in [9.17, 15) is 9.18 Å². The molecule has 0 unspecified atom stereocenters. The molecule has 1 aromatic carbocycles. The lowest BCUT2D eigenvalue weighted by Gasteiger charge is -2.04. The monoisotopic (exact) mass is 251 g/mol. The second-order valence-corrected chi connectivity index (χ2v) is 4.30. The molecule has 2 rings (SSSR count). The van der Waals surface area contributed by atoms with E-state index < -0.39 is 11.6 Å². The molecule has 2 aromatic rings. The lowest BCUT2D eigenvalue weighted by atomic mass is 10.1. The number of thiophene rings is 1. The normalized spacial score (nSPS) is 10.2. The summed E-state index contributed by atoms with van der Waals surface area (Å²) in [5.74, 6) is -0.559. The summed E-state index contributed by atoms with van der Waals surface area (Å²) in [6, 6.07) is 5.68. The Labute approximate surface area is 102 Å². The Morgan fingerprint density at radius 3 is 2.82 bits per heavy atom. The zero-order chi connectivity index (χ0) is 12.4. The van der Waals surface area contributed by atoms with E-state index in [2.05, 4.69) is 0 Å². The molecule has 0 saturated carbocycles. The maximum atomic E-state index is 13.6. The number of methoxy groups -OCH3 is 1. The molecule has 0 spiro atoms. The standard InChI is InChI=1S/C12H10FNO2S/c1-16-10-4-5-17-12(10)11(15)8-3-2-7(14)6-9(8)13/h2-6H,14H2,1H3. The number of ketones is 1. The smallest absolute Gasteiger partial charge is 0.209 e. The van der Waals surface area contributed by atoms with E-state index in [1.165, 1.54) is 30.6 Å². The zero-order valence-electron chi connectivity index (χ0n) is 9.07. The van der Waals surface area contributed by atoms with Gasteiger partial charge in [-0.05, 0) is 29.6 Å². The SMILES string of the molecule is COc1ccsc1C(=O)c1ccc(N)cc1F. The van der Waals surface area contributed by atoms with Gasteiger partial charge in [-0.2, -0.15) is 0 Å². The Morgan fingerprint density at radius 1 is 1.41 bits per heavy atom. The topological polar surface area (TPSA) is 52.3 Å². The van der Waals surface area contributed by atoms with Crippen LogP contribution in [0.2, 0.25) is 0 Å². The van der Waals surface area contributed by atoms with Gasteiger partial charge in [0.15, 0.2) is 0 Å². The van der Waals surface area contributed by atoms with Crippen LogP contribution >= 0.6 is 11.3 Å². The average Bonchev–Trinajstić information content (AvgIpc) is 2.76. The molecule has 3 nitrogen and oxygen atoms in total. The molecular formula is C12H10FNO2S. The van der Waals surface area contributed by atoms with E-state index in [1.54, 1.807) is 11.4 Å².